The fourth-order valence-electron chi connectivity index (χ4n) is 4.30. The minimum absolute atomic E-state index is 0.485. The summed E-state index contributed by atoms with van der Waals surface area (Å²) in [6, 6.07) is 9.64. The molecule has 0 radical (unpaired) electrons. The van der Waals surface area contributed by atoms with Crippen molar-refractivity contribution in [1.82, 2.24) is 5.32 Å². The van der Waals surface area contributed by atoms with Crippen LogP contribution in [0.25, 0.3) is 0 Å². The van der Waals surface area contributed by atoms with Crippen molar-refractivity contribution in [1.29, 1.82) is 0 Å². The molecule has 1 aromatic carbocycles. The van der Waals surface area contributed by atoms with Crippen LogP contribution in [0.4, 0.5) is 5.69 Å². The van der Waals surface area contributed by atoms with Crippen LogP contribution in [0.5, 0.6) is 0 Å². The fraction of sp³-hybridized carbons (Fsp3) is 0.667. The molecule has 20 heavy (non-hydrogen) atoms. The lowest BCUT2D eigenvalue weighted by Gasteiger charge is -2.42. The molecule has 0 amide bonds. The Morgan fingerprint density at radius 2 is 1.95 bits per heavy atom. The third kappa shape index (κ3) is 2.58. The van der Waals surface area contributed by atoms with Crippen LogP contribution in [-0.4, -0.2) is 26.2 Å². The average molecular weight is 272 g/mol. The Morgan fingerprint density at radius 3 is 2.70 bits per heavy atom. The second kappa shape index (κ2) is 5.77. The van der Waals surface area contributed by atoms with E-state index in [0.717, 1.165) is 0 Å². The predicted octanol–water partition coefficient (Wildman–Crippen LogP) is 3.61. The molecule has 2 heteroatoms. The van der Waals surface area contributed by atoms with Gasteiger partial charge in [-0.3, -0.25) is 0 Å². The highest BCUT2D eigenvalue weighted by molar-refractivity contribution is 5.59. The lowest BCUT2D eigenvalue weighted by molar-refractivity contribution is 0.189. The summed E-state index contributed by atoms with van der Waals surface area (Å²) < 4.78 is 0. The zero-order valence-electron chi connectivity index (χ0n) is 13.0. The Hall–Kier alpha value is -1.02. The summed E-state index contributed by atoms with van der Waals surface area (Å²) in [6.07, 6.45) is 8.24. The molecule has 0 aromatic heterocycles. The highest BCUT2D eigenvalue weighted by Crippen LogP contribution is 2.41. The van der Waals surface area contributed by atoms with Gasteiger partial charge in [0.05, 0.1) is 0 Å². The molecule has 0 bridgehead atoms. The second-order valence-corrected chi connectivity index (χ2v) is 6.90. The van der Waals surface area contributed by atoms with Crippen molar-refractivity contribution in [2.45, 2.75) is 51.5 Å². The number of hydrogen-bond donors (Lipinski definition) is 1. The van der Waals surface area contributed by atoms with Crippen LogP contribution in [0.1, 0.15) is 44.6 Å². The van der Waals surface area contributed by atoms with Crippen molar-refractivity contribution >= 4 is 5.69 Å². The molecule has 1 atom stereocenters. The molecule has 1 saturated carbocycles. The van der Waals surface area contributed by atoms with Crippen molar-refractivity contribution in [3.8, 4) is 0 Å². The number of nitrogens with one attached hydrogen (secondary N) is 1. The van der Waals surface area contributed by atoms with Crippen LogP contribution in [0.2, 0.25) is 0 Å². The maximum atomic E-state index is 3.46. The SMILES string of the molecule is CNCC1(CN2c3ccccc3CC2C)CCCCC1. The average Bonchev–Trinajstić information content (AvgIpc) is 2.77. The quantitative estimate of drug-likeness (QED) is 0.901. The van der Waals surface area contributed by atoms with E-state index in [0.29, 0.717) is 11.5 Å². The summed E-state index contributed by atoms with van der Waals surface area (Å²) in [4.78, 5) is 2.68. The van der Waals surface area contributed by atoms with Gasteiger partial charge in [-0.05, 0) is 44.9 Å². The van der Waals surface area contributed by atoms with E-state index >= 15 is 0 Å². The number of fused-ring (bicyclic) bond motifs is 1. The molecule has 0 spiro atoms. The van der Waals surface area contributed by atoms with E-state index in [1.54, 1.807) is 0 Å². The monoisotopic (exact) mass is 272 g/mol. The van der Waals surface area contributed by atoms with Crippen LogP contribution in [-0.2, 0) is 6.42 Å². The zero-order chi connectivity index (χ0) is 14.0. The largest absolute Gasteiger partial charge is 0.368 e. The van der Waals surface area contributed by atoms with Gasteiger partial charge in [-0.25, -0.2) is 0 Å². The minimum atomic E-state index is 0.485. The van der Waals surface area contributed by atoms with E-state index in [-0.39, 0.29) is 0 Å². The van der Waals surface area contributed by atoms with Crippen molar-refractivity contribution < 1.29 is 0 Å². The third-order valence-electron chi connectivity index (χ3n) is 5.32. The van der Waals surface area contributed by atoms with Gasteiger partial charge in [0.2, 0.25) is 0 Å². The molecule has 0 saturated heterocycles. The first kappa shape index (κ1) is 13.9. The highest BCUT2D eigenvalue weighted by Gasteiger charge is 2.37. The second-order valence-electron chi connectivity index (χ2n) is 6.90. The molecular weight excluding hydrogens is 244 g/mol. The molecule has 1 fully saturated rings. The van der Waals surface area contributed by atoms with Crippen LogP contribution < -0.4 is 10.2 Å². The number of nitrogens with zero attached hydrogens (tertiary/aromatic N) is 1. The van der Waals surface area contributed by atoms with Crippen LogP contribution in [0, 0.1) is 5.41 Å². The fourth-order valence-corrected chi connectivity index (χ4v) is 4.30. The van der Waals surface area contributed by atoms with Crippen LogP contribution >= 0.6 is 0 Å². The molecule has 1 unspecified atom stereocenters. The normalized spacial score (nSPS) is 24.7. The first-order chi connectivity index (χ1) is 9.74. The highest BCUT2D eigenvalue weighted by atomic mass is 15.2. The summed E-state index contributed by atoms with van der Waals surface area (Å²) in [6.45, 7) is 4.78. The molecule has 2 nitrogen and oxygen atoms in total. The maximum absolute atomic E-state index is 3.46. The maximum Gasteiger partial charge on any atom is 0.0402 e. The summed E-state index contributed by atoms with van der Waals surface area (Å²) in [5, 5.41) is 3.46. The zero-order valence-corrected chi connectivity index (χ0v) is 13.0. The topological polar surface area (TPSA) is 15.3 Å². The lowest BCUT2D eigenvalue weighted by atomic mass is 9.73. The van der Waals surface area contributed by atoms with E-state index in [1.165, 1.54) is 62.9 Å². The van der Waals surface area contributed by atoms with Gasteiger partial charge in [-0.2, -0.15) is 0 Å². The molecule has 3 rings (SSSR count). The first-order valence-electron chi connectivity index (χ1n) is 8.23. The summed E-state index contributed by atoms with van der Waals surface area (Å²) >= 11 is 0. The van der Waals surface area contributed by atoms with Gasteiger partial charge in [0.1, 0.15) is 0 Å². The van der Waals surface area contributed by atoms with Gasteiger partial charge < -0.3 is 10.2 Å². The van der Waals surface area contributed by atoms with E-state index in [1.807, 2.05) is 0 Å². The molecule has 110 valence electrons. The standard InChI is InChI=1S/C18H28N2/c1-15-12-16-8-4-5-9-17(16)20(15)14-18(13-19-2)10-6-3-7-11-18/h4-5,8-9,15,19H,3,6-7,10-14H2,1-2H3. The Bertz CT molecular complexity index is 443. The Balaban J connectivity index is 1.81. The Kier molecular flexibility index (Phi) is 4.02. The van der Waals surface area contributed by atoms with E-state index in [2.05, 4.69) is 48.5 Å². The lowest BCUT2D eigenvalue weighted by Crippen LogP contribution is -2.46. The first-order valence-corrected chi connectivity index (χ1v) is 8.23. The minimum Gasteiger partial charge on any atom is -0.368 e. The summed E-state index contributed by atoms with van der Waals surface area (Å²) in [7, 11) is 2.11. The van der Waals surface area contributed by atoms with Crippen molar-refractivity contribution in [2.75, 3.05) is 25.0 Å². The van der Waals surface area contributed by atoms with Gasteiger partial charge in [0.25, 0.3) is 0 Å². The van der Waals surface area contributed by atoms with Gasteiger partial charge in [0.15, 0.2) is 0 Å². The number of rotatable bonds is 4. The van der Waals surface area contributed by atoms with Gasteiger partial charge in [0, 0.05) is 30.2 Å². The van der Waals surface area contributed by atoms with Crippen molar-refractivity contribution in [3.63, 3.8) is 0 Å². The predicted molar refractivity (Wildman–Crippen MR) is 86.4 cm³/mol. The van der Waals surface area contributed by atoms with Crippen LogP contribution in [0.15, 0.2) is 24.3 Å². The van der Waals surface area contributed by atoms with Gasteiger partial charge in [-0.1, -0.05) is 37.5 Å². The smallest absolute Gasteiger partial charge is 0.0402 e. The number of para-hydroxylation sites is 1. The summed E-state index contributed by atoms with van der Waals surface area (Å²) in [5.74, 6) is 0. The van der Waals surface area contributed by atoms with Gasteiger partial charge in [-0.15, -0.1) is 0 Å². The molecule has 1 aliphatic carbocycles. The van der Waals surface area contributed by atoms with E-state index in [4.69, 9.17) is 0 Å². The number of anilines is 1. The molecule has 2 aliphatic rings. The Labute approximate surface area is 123 Å². The number of benzene rings is 1. The number of hydrogen-bond acceptors (Lipinski definition) is 2. The van der Waals surface area contributed by atoms with E-state index < -0.39 is 0 Å². The van der Waals surface area contributed by atoms with Gasteiger partial charge >= 0.3 is 0 Å². The van der Waals surface area contributed by atoms with Crippen LogP contribution in [0.3, 0.4) is 0 Å². The third-order valence-corrected chi connectivity index (χ3v) is 5.32. The Morgan fingerprint density at radius 1 is 1.20 bits per heavy atom. The molecule has 1 N–H and O–H groups in total. The van der Waals surface area contributed by atoms with Crippen molar-refractivity contribution in [3.05, 3.63) is 29.8 Å². The summed E-state index contributed by atoms with van der Waals surface area (Å²) in [5.41, 5.74) is 3.51. The molecular formula is C18H28N2. The van der Waals surface area contributed by atoms with E-state index in [9.17, 15) is 0 Å². The molecule has 1 aliphatic heterocycles. The molecule has 1 heterocycles. The molecule has 1 aromatic rings. The van der Waals surface area contributed by atoms with Crippen molar-refractivity contribution in [2.24, 2.45) is 5.41 Å².